The minimum absolute atomic E-state index is 0.0371. The lowest BCUT2D eigenvalue weighted by atomic mass is 9.87. The molecule has 0 spiro atoms. The fourth-order valence-corrected chi connectivity index (χ4v) is 7.70. The van der Waals surface area contributed by atoms with E-state index in [1.165, 1.54) is 48.5 Å². The molecule has 2 aliphatic rings. The number of pyridine rings is 1. The summed E-state index contributed by atoms with van der Waals surface area (Å²) in [5.41, 5.74) is 8.36. The molecule has 0 radical (unpaired) electrons. The van der Waals surface area contributed by atoms with Gasteiger partial charge < -0.3 is 15.4 Å². The van der Waals surface area contributed by atoms with E-state index >= 15 is 0 Å². The third-order valence-electron chi connectivity index (χ3n) is 8.62. The number of ether oxygens (including phenoxy) is 1. The quantitative estimate of drug-likeness (QED) is 0.281. The molecule has 0 aliphatic carbocycles. The van der Waals surface area contributed by atoms with Gasteiger partial charge >= 0.3 is 0 Å². The van der Waals surface area contributed by atoms with Gasteiger partial charge in [0, 0.05) is 47.1 Å². The molecule has 2 fully saturated rings. The van der Waals surface area contributed by atoms with Crippen molar-refractivity contribution in [3.63, 3.8) is 0 Å². The zero-order chi connectivity index (χ0) is 31.6. The number of nitrogen functional groups attached to an aromatic ring is 1. The summed E-state index contributed by atoms with van der Waals surface area (Å²) in [6.45, 7) is 0. The van der Waals surface area contributed by atoms with Crippen LogP contribution in [-0.4, -0.2) is 79.4 Å². The number of nitrogens with one attached hydrogen (secondary N) is 1. The molecule has 0 saturated carbocycles. The molecule has 16 heteroatoms. The first kappa shape index (κ1) is 28.8. The predicted octanol–water partition coefficient (Wildman–Crippen LogP) is 3.40. The van der Waals surface area contributed by atoms with Crippen LogP contribution in [0.15, 0.2) is 47.9 Å². The fraction of sp³-hybridized carbons (Fsp3) is 0.310. The molecule has 1 amide bonds. The fourth-order valence-electron chi connectivity index (χ4n) is 6.64. The van der Waals surface area contributed by atoms with Crippen molar-refractivity contribution in [2.24, 2.45) is 0 Å². The molecular formula is C29H27F2N9O4S. The summed E-state index contributed by atoms with van der Waals surface area (Å²) >= 11 is 0. The average Bonchev–Trinajstić information content (AvgIpc) is 3.76. The molecule has 2 saturated heterocycles. The maximum atomic E-state index is 14.7. The number of carbonyl (C=O) groups is 1. The number of anilines is 1. The lowest BCUT2D eigenvalue weighted by molar-refractivity contribution is 0.0556. The Labute approximate surface area is 255 Å². The van der Waals surface area contributed by atoms with Gasteiger partial charge in [-0.2, -0.15) is 19.1 Å². The molecule has 1 unspecified atom stereocenters. The number of amides is 1. The number of benzene rings is 1. The van der Waals surface area contributed by atoms with Crippen LogP contribution in [-0.2, 0) is 9.84 Å². The third-order valence-corrected chi connectivity index (χ3v) is 9.78. The van der Waals surface area contributed by atoms with Crippen LogP contribution in [0.2, 0.25) is 0 Å². The van der Waals surface area contributed by atoms with Crippen molar-refractivity contribution in [1.82, 2.24) is 39.7 Å². The SMILES string of the molecule is COc1ccc(-c2ccc(-c3cnn4c(N)c(S(C)(=O)=O)c(C5C[C@H]6CC[C@@H](C5)N6C(=O)c5ncn[nH]5)nc34)cn2)c(F)c1F. The minimum Gasteiger partial charge on any atom is -0.494 e. The summed E-state index contributed by atoms with van der Waals surface area (Å²) < 4.78 is 61.3. The minimum atomic E-state index is -3.83. The van der Waals surface area contributed by atoms with Gasteiger partial charge in [-0.05, 0) is 43.9 Å². The maximum Gasteiger partial charge on any atom is 0.291 e. The summed E-state index contributed by atoms with van der Waals surface area (Å²) in [4.78, 5) is 28.1. The number of rotatable bonds is 6. The van der Waals surface area contributed by atoms with Gasteiger partial charge in [-0.1, -0.05) is 6.07 Å². The second-order valence-electron chi connectivity index (χ2n) is 11.3. The summed E-state index contributed by atoms with van der Waals surface area (Å²) in [6, 6.07) is 5.63. The highest BCUT2D eigenvalue weighted by Gasteiger charge is 2.46. The van der Waals surface area contributed by atoms with Crippen LogP contribution < -0.4 is 10.5 Å². The number of nitrogens with two attached hydrogens (primary N) is 1. The molecule has 6 heterocycles. The number of fused-ring (bicyclic) bond motifs is 3. The van der Waals surface area contributed by atoms with E-state index < -0.39 is 21.5 Å². The molecule has 3 atom stereocenters. The largest absolute Gasteiger partial charge is 0.494 e. The maximum absolute atomic E-state index is 14.7. The Morgan fingerprint density at radius 3 is 2.42 bits per heavy atom. The number of sulfone groups is 1. The molecule has 13 nitrogen and oxygen atoms in total. The summed E-state index contributed by atoms with van der Waals surface area (Å²) in [7, 11) is -2.58. The van der Waals surface area contributed by atoms with Crippen LogP contribution >= 0.6 is 0 Å². The predicted molar refractivity (Wildman–Crippen MR) is 157 cm³/mol. The molecule has 7 rings (SSSR count). The van der Waals surface area contributed by atoms with Crippen LogP contribution in [0.5, 0.6) is 5.75 Å². The number of methoxy groups -OCH3 is 1. The highest BCUT2D eigenvalue weighted by Crippen LogP contribution is 2.45. The van der Waals surface area contributed by atoms with Crippen molar-refractivity contribution in [1.29, 1.82) is 0 Å². The van der Waals surface area contributed by atoms with Gasteiger partial charge in [0.2, 0.25) is 11.6 Å². The van der Waals surface area contributed by atoms with Crippen LogP contribution in [0.3, 0.4) is 0 Å². The Morgan fingerprint density at radius 2 is 1.80 bits per heavy atom. The van der Waals surface area contributed by atoms with Crippen LogP contribution in [0.4, 0.5) is 14.6 Å². The number of carbonyl (C=O) groups excluding carboxylic acids is 1. The van der Waals surface area contributed by atoms with Gasteiger partial charge in [-0.25, -0.2) is 22.8 Å². The van der Waals surface area contributed by atoms with Crippen molar-refractivity contribution in [2.75, 3.05) is 19.1 Å². The number of halogens is 2. The van der Waals surface area contributed by atoms with Gasteiger partial charge in [0.05, 0.1) is 24.7 Å². The van der Waals surface area contributed by atoms with E-state index in [4.69, 9.17) is 15.5 Å². The molecule has 1 aromatic carbocycles. The first-order chi connectivity index (χ1) is 21.6. The monoisotopic (exact) mass is 635 g/mol. The molecule has 2 aliphatic heterocycles. The molecular weight excluding hydrogens is 608 g/mol. The van der Waals surface area contributed by atoms with Crippen LogP contribution in [0, 0.1) is 11.6 Å². The third kappa shape index (κ3) is 4.67. The molecule has 4 aromatic heterocycles. The molecule has 232 valence electrons. The van der Waals surface area contributed by atoms with E-state index in [0.29, 0.717) is 35.3 Å². The summed E-state index contributed by atoms with van der Waals surface area (Å²) in [6.07, 6.45) is 7.86. The first-order valence-electron chi connectivity index (χ1n) is 14.1. The van der Waals surface area contributed by atoms with Crippen LogP contribution in [0.1, 0.15) is 47.9 Å². The first-order valence-corrected chi connectivity index (χ1v) is 16.0. The Kier molecular flexibility index (Phi) is 6.76. The second kappa shape index (κ2) is 10.6. The Balaban J connectivity index is 1.27. The second-order valence-corrected chi connectivity index (χ2v) is 13.2. The van der Waals surface area contributed by atoms with Crippen molar-refractivity contribution in [3.05, 3.63) is 66.1 Å². The van der Waals surface area contributed by atoms with Gasteiger partial charge in [-0.3, -0.25) is 14.9 Å². The lowest BCUT2D eigenvalue weighted by Gasteiger charge is -2.38. The highest BCUT2D eigenvalue weighted by molar-refractivity contribution is 7.91. The zero-order valence-electron chi connectivity index (χ0n) is 24.1. The number of aromatic nitrogens is 7. The standard InChI is InChI=1S/C29H27F2N9O4S/c1-44-21-8-6-18(22(30)23(21)31)20-7-3-14(11-33-20)19-12-36-40-26(32)25(45(2,42)43)24(37-28(19)40)15-9-16-4-5-17(10-15)39(16)29(41)27-34-13-35-38-27/h3,6-8,11-13,15-17H,4-5,9-10,32H2,1-2H3,(H,34,35,38)/t15?,16-,17+. The Bertz CT molecular complexity index is 2050. The van der Waals surface area contributed by atoms with Gasteiger partial charge in [0.15, 0.2) is 27.1 Å². The average molecular weight is 636 g/mol. The van der Waals surface area contributed by atoms with Crippen molar-refractivity contribution >= 4 is 27.2 Å². The number of piperidine rings is 1. The number of aromatic amines is 1. The van der Waals surface area contributed by atoms with E-state index in [-0.39, 0.29) is 57.5 Å². The normalized spacial score (nSPS) is 19.7. The molecule has 5 aromatic rings. The van der Waals surface area contributed by atoms with E-state index in [2.05, 4.69) is 25.3 Å². The molecule has 3 N–H and O–H groups in total. The topological polar surface area (TPSA) is 174 Å². The van der Waals surface area contributed by atoms with E-state index in [9.17, 15) is 22.0 Å². The highest BCUT2D eigenvalue weighted by atomic mass is 32.2. The zero-order valence-corrected chi connectivity index (χ0v) is 24.9. The number of hydrogen-bond acceptors (Lipinski definition) is 10. The Morgan fingerprint density at radius 1 is 1.04 bits per heavy atom. The number of nitrogens with zero attached hydrogens (tertiary/aromatic N) is 7. The summed E-state index contributed by atoms with van der Waals surface area (Å²) in [5.74, 6) is -2.86. The van der Waals surface area contributed by atoms with Crippen LogP contribution in [0.25, 0.3) is 28.0 Å². The molecule has 45 heavy (non-hydrogen) atoms. The van der Waals surface area contributed by atoms with Gasteiger partial charge in [0.25, 0.3) is 5.91 Å². The van der Waals surface area contributed by atoms with Crippen molar-refractivity contribution in [2.45, 2.75) is 48.6 Å². The van der Waals surface area contributed by atoms with E-state index in [0.717, 1.165) is 19.1 Å². The number of H-pyrrole nitrogens is 1. The summed E-state index contributed by atoms with van der Waals surface area (Å²) in [5, 5.41) is 10.7. The van der Waals surface area contributed by atoms with Crippen molar-refractivity contribution < 1.29 is 26.7 Å². The van der Waals surface area contributed by atoms with Gasteiger partial charge in [0.1, 0.15) is 17.0 Å². The number of hydrogen-bond donors (Lipinski definition) is 2. The Hall–Kier alpha value is -4.99. The van der Waals surface area contributed by atoms with Gasteiger partial charge in [-0.15, -0.1) is 0 Å². The van der Waals surface area contributed by atoms with Crippen molar-refractivity contribution in [3.8, 4) is 28.1 Å². The van der Waals surface area contributed by atoms with E-state index in [1.807, 2.05) is 4.90 Å². The van der Waals surface area contributed by atoms with E-state index in [1.54, 1.807) is 6.07 Å². The smallest absolute Gasteiger partial charge is 0.291 e. The lowest BCUT2D eigenvalue weighted by Crippen LogP contribution is -2.46. The molecule has 2 bridgehead atoms.